The molecule has 102 valence electrons. The number of carboxylic acids is 1. The summed E-state index contributed by atoms with van der Waals surface area (Å²) in [6, 6.07) is 0. The highest BCUT2D eigenvalue weighted by Gasteiger charge is 2.12. The minimum absolute atomic E-state index is 0.0588. The van der Waals surface area contributed by atoms with Gasteiger partial charge >= 0.3 is 5.97 Å². The van der Waals surface area contributed by atoms with Gasteiger partial charge in [0.2, 0.25) is 10.0 Å². The van der Waals surface area contributed by atoms with Crippen LogP contribution in [0, 0.1) is 0 Å². The second-order valence-electron chi connectivity index (χ2n) is 3.67. The summed E-state index contributed by atoms with van der Waals surface area (Å²) in [5, 5.41) is 15.9. The van der Waals surface area contributed by atoms with Crippen LogP contribution in [0.5, 0.6) is 0 Å². The smallest absolute Gasteiger partial charge is 0.303 e. The highest BCUT2D eigenvalue weighted by molar-refractivity contribution is 7.89. The van der Waals surface area contributed by atoms with Gasteiger partial charge in [0.05, 0.1) is 12.3 Å². The molecular formula is C9H16N4O4S. The van der Waals surface area contributed by atoms with Gasteiger partial charge in [0.15, 0.2) is 0 Å². The highest BCUT2D eigenvalue weighted by Crippen LogP contribution is 1.98. The zero-order chi connectivity index (χ0) is 13.6. The van der Waals surface area contributed by atoms with E-state index >= 15 is 0 Å². The molecule has 0 bridgehead atoms. The fourth-order valence-electron chi connectivity index (χ4n) is 1.34. The number of carbonyl (C=O) groups is 1. The molecule has 2 N–H and O–H groups in total. The van der Waals surface area contributed by atoms with Crippen molar-refractivity contribution in [2.75, 3.05) is 5.75 Å². The van der Waals surface area contributed by atoms with Crippen LogP contribution in [0.3, 0.4) is 0 Å². The summed E-state index contributed by atoms with van der Waals surface area (Å²) in [6.07, 6.45) is 1.45. The van der Waals surface area contributed by atoms with Gasteiger partial charge in [-0.2, -0.15) is 0 Å². The molecule has 0 aliphatic rings. The fraction of sp³-hybridized carbons (Fsp3) is 0.667. The average Bonchev–Trinajstić information content (AvgIpc) is 2.73. The van der Waals surface area contributed by atoms with Crippen LogP contribution in [-0.2, 0) is 27.9 Å². The molecule has 1 aromatic rings. The number of rotatable bonds is 8. The Balaban J connectivity index is 2.44. The van der Waals surface area contributed by atoms with Gasteiger partial charge < -0.3 is 9.67 Å². The summed E-state index contributed by atoms with van der Waals surface area (Å²) in [5.74, 6) is -0.685. The van der Waals surface area contributed by atoms with Crippen LogP contribution in [-0.4, -0.2) is 40.0 Å². The minimum Gasteiger partial charge on any atom is -0.481 e. The second-order valence-corrected chi connectivity index (χ2v) is 5.60. The third kappa shape index (κ3) is 4.80. The molecule has 1 heterocycles. The fourth-order valence-corrected chi connectivity index (χ4v) is 2.36. The van der Waals surface area contributed by atoms with Crippen LogP contribution in [0.2, 0.25) is 0 Å². The lowest BCUT2D eigenvalue weighted by atomic mass is 10.3. The lowest BCUT2D eigenvalue weighted by Gasteiger charge is -2.06. The molecule has 0 unspecified atom stereocenters. The summed E-state index contributed by atoms with van der Waals surface area (Å²) in [7, 11) is -3.47. The number of aliphatic carboxylic acids is 1. The van der Waals surface area contributed by atoms with Gasteiger partial charge in [-0.25, -0.2) is 13.1 Å². The van der Waals surface area contributed by atoms with Gasteiger partial charge in [-0.3, -0.25) is 4.79 Å². The Kier molecular flexibility index (Phi) is 5.23. The van der Waals surface area contributed by atoms with E-state index in [0.29, 0.717) is 12.4 Å². The van der Waals surface area contributed by atoms with Crippen LogP contribution in [0.1, 0.15) is 25.6 Å². The third-order valence-corrected chi connectivity index (χ3v) is 3.70. The predicted octanol–water partition coefficient (Wildman–Crippen LogP) is -0.418. The maximum absolute atomic E-state index is 11.5. The SMILES string of the molecule is CCn1cnnc1CNS(=O)(=O)CCCC(=O)O. The number of nitrogens with zero attached hydrogens (tertiary/aromatic N) is 3. The summed E-state index contributed by atoms with van der Waals surface area (Å²) in [6.45, 7) is 2.61. The van der Waals surface area contributed by atoms with Crippen LogP contribution in [0.4, 0.5) is 0 Å². The molecule has 0 aliphatic carbocycles. The van der Waals surface area contributed by atoms with E-state index in [4.69, 9.17) is 5.11 Å². The summed E-state index contributed by atoms with van der Waals surface area (Å²) >= 11 is 0. The summed E-state index contributed by atoms with van der Waals surface area (Å²) in [4.78, 5) is 10.3. The molecule has 0 radical (unpaired) electrons. The van der Waals surface area contributed by atoms with Crippen molar-refractivity contribution in [3.8, 4) is 0 Å². The Morgan fingerprint density at radius 3 is 2.89 bits per heavy atom. The topological polar surface area (TPSA) is 114 Å². The van der Waals surface area contributed by atoms with Gasteiger partial charge in [0.25, 0.3) is 0 Å². The van der Waals surface area contributed by atoms with Crippen LogP contribution < -0.4 is 4.72 Å². The van der Waals surface area contributed by atoms with E-state index in [0.717, 1.165) is 0 Å². The number of nitrogens with one attached hydrogen (secondary N) is 1. The van der Waals surface area contributed by atoms with E-state index in [1.165, 1.54) is 6.33 Å². The monoisotopic (exact) mass is 276 g/mol. The van der Waals surface area contributed by atoms with Gasteiger partial charge in [-0.1, -0.05) is 0 Å². The maximum atomic E-state index is 11.5. The molecule has 1 rings (SSSR count). The molecule has 1 aromatic heterocycles. The number of carboxylic acid groups (broad SMARTS) is 1. The van der Waals surface area contributed by atoms with E-state index < -0.39 is 16.0 Å². The number of sulfonamides is 1. The van der Waals surface area contributed by atoms with Crippen molar-refractivity contribution in [3.63, 3.8) is 0 Å². The van der Waals surface area contributed by atoms with Crippen molar-refractivity contribution < 1.29 is 18.3 Å². The Bertz CT molecular complexity index is 496. The predicted molar refractivity (Wildman–Crippen MR) is 63.2 cm³/mol. The Morgan fingerprint density at radius 1 is 1.56 bits per heavy atom. The van der Waals surface area contributed by atoms with Gasteiger partial charge in [0.1, 0.15) is 12.2 Å². The molecule has 0 atom stereocenters. The number of hydrogen-bond acceptors (Lipinski definition) is 5. The van der Waals surface area contributed by atoms with Crippen molar-refractivity contribution in [2.24, 2.45) is 0 Å². The quantitative estimate of drug-likeness (QED) is 0.666. The molecule has 0 saturated carbocycles. The Labute approximate surface area is 105 Å². The van der Waals surface area contributed by atoms with Crippen molar-refractivity contribution >= 4 is 16.0 Å². The molecule has 0 spiro atoms. The first-order valence-corrected chi connectivity index (χ1v) is 7.15. The molecule has 8 nitrogen and oxygen atoms in total. The molecule has 18 heavy (non-hydrogen) atoms. The van der Waals surface area contributed by atoms with Crippen LogP contribution in [0.15, 0.2) is 6.33 Å². The molecule has 0 saturated heterocycles. The normalized spacial score (nSPS) is 11.6. The Morgan fingerprint density at radius 2 is 2.28 bits per heavy atom. The van der Waals surface area contributed by atoms with E-state index in [2.05, 4.69) is 14.9 Å². The van der Waals surface area contributed by atoms with Gasteiger partial charge in [-0.15, -0.1) is 10.2 Å². The van der Waals surface area contributed by atoms with Crippen LogP contribution in [0.25, 0.3) is 0 Å². The zero-order valence-electron chi connectivity index (χ0n) is 10.0. The number of aromatic nitrogens is 3. The number of aryl methyl sites for hydroxylation is 1. The highest BCUT2D eigenvalue weighted by atomic mass is 32.2. The van der Waals surface area contributed by atoms with E-state index in [9.17, 15) is 13.2 Å². The number of hydrogen-bond donors (Lipinski definition) is 2. The molecular weight excluding hydrogens is 260 g/mol. The zero-order valence-corrected chi connectivity index (χ0v) is 10.9. The van der Waals surface area contributed by atoms with Crippen molar-refractivity contribution in [2.45, 2.75) is 32.9 Å². The Hall–Kier alpha value is -1.48. The first-order valence-electron chi connectivity index (χ1n) is 5.50. The summed E-state index contributed by atoms with van der Waals surface area (Å²) in [5.41, 5.74) is 0. The van der Waals surface area contributed by atoms with E-state index in [-0.39, 0.29) is 25.1 Å². The molecule has 9 heteroatoms. The van der Waals surface area contributed by atoms with Crippen molar-refractivity contribution in [1.82, 2.24) is 19.5 Å². The van der Waals surface area contributed by atoms with E-state index in [1.807, 2.05) is 6.92 Å². The lowest BCUT2D eigenvalue weighted by Crippen LogP contribution is -2.27. The van der Waals surface area contributed by atoms with Crippen LogP contribution >= 0.6 is 0 Å². The second kappa shape index (κ2) is 6.45. The first kappa shape index (κ1) is 14.6. The molecule has 0 aromatic carbocycles. The lowest BCUT2D eigenvalue weighted by molar-refractivity contribution is -0.137. The third-order valence-electron chi connectivity index (χ3n) is 2.29. The maximum Gasteiger partial charge on any atom is 0.303 e. The molecule has 0 amide bonds. The van der Waals surface area contributed by atoms with Crippen molar-refractivity contribution in [3.05, 3.63) is 12.2 Å². The van der Waals surface area contributed by atoms with Gasteiger partial charge in [0, 0.05) is 13.0 Å². The molecule has 0 fully saturated rings. The average molecular weight is 276 g/mol. The summed E-state index contributed by atoms with van der Waals surface area (Å²) < 4.78 is 27.2. The first-order chi connectivity index (χ1) is 8.44. The standard InChI is InChI=1S/C9H16N4O4S/c1-2-13-7-10-12-8(13)6-11-18(16,17)5-3-4-9(14)15/h7,11H,2-6H2,1H3,(H,14,15). The molecule has 0 aliphatic heterocycles. The van der Waals surface area contributed by atoms with E-state index in [1.54, 1.807) is 4.57 Å². The minimum atomic E-state index is -3.47. The van der Waals surface area contributed by atoms with Crippen molar-refractivity contribution in [1.29, 1.82) is 0 Å². The van der Waals surface area contributed by atoms with Gasteiger partial charge in [-0.05, 0) is 13.3 Å². The largest absolute Gasteiger partial charge is 0.481 e.